The predicted octanol–water partition coefficient (Wildman–Crippen LogP) is -0.237. The highest BCUT2D eigenvalue weighted by Gasteiger charge is 2.48. The second-order valence-corrected chi connectivity index (χ2v) is 7.25. The van der Waals surface area contributed by atoms with E-state index in [2.05, 4.69) is 4.98 Å². The smallest absolute Gasteiger partial charge is 0.324 e. The van der Waals surface area contributed by atoms with E-state index in [1.165, 1.54) is 18.3 Å². The van der Waals surface area contributed by atoms with Crippen LogP contribution in [0.4, 0.5) is 0 Å². The Kier molecular flexibility index (Phi) is 4.22. The lowest BCUT2D eigenvalue weighted by Crippen LogP contribution is -2.27. The zero-order chi connectivity index (χ0) is 13.3. The van der Waals surface area contributed by atoms with Gasteiger partial charge in [0, 0.05) is 6.20 Å². The molecule has 6 N–H and O–H groups in total. The van der Waals surface area contributed by atoms with E-state index < -0.39 is 26.6 Å². The zero-order valence-electron chi connectivity index (χ0n) is 8.49. The van der Waals surface area contributed by atoms with Crippen LogP contribution in [0, 0.1) is 0 Å². The van der Waals surface area contributed by atoms with E-state index in [9.17, 15) is 9.13 Å². The Bertz CT molecular complexity index is 447. The zero-order valence-corrected chi connectivity index (χ0v) is 10.3. The molecule has 8 nitrogen and oxygen atoms in total. The van der Waals surface area contributed by atoms with Gasteiger partial charge in [0.15, 0.2) is 5.40 Å². The number of rotatable bonds is 4. The largest absolute Gasteiger partial charge is 0.342 e. The molecule has 0 aliphatic carbocycles. The van der Waals surface area contributed by atoms with Crippen molar-refractivity contribution >= 4 is 15.2 Å². The van der Waals surface area contributed by atoms with Gasteiger partial charge in [0.2, 0.25) is 0 Å². The fourth-order valence-corrected chi connectivity index (χ4v) is 4.05. The average molecular weight is 282 g/mol. The van der Waals surface area contributed by atoms with Gasteiger partial charge in [-0.25, -0.2) is 0 Å². The second kappa shape index (κ2) is 4.96. The Labute approximate surface area is 96.8 Å². The quantitative estimate of drug-likeness (QED) is 0.474. The topological polar surface area (TPSA) is 154 Å². The van der Waals surface area contributed by atoms with Gasteiger partial charge in [0.05, 0.1) is 11.7 Å². The lowest BCUT2D eigenvalue weighted by atomic mass is 10.2. The van der Waals surface area contributed by atoms with Gasteiger partial charge in [-0.3, -0.25) is 14.1 Å². The van der Waals surface area contributed by atoms with Crippen molar-refractivity contribution in [3.8, 4) is 0 Å². The van der Waals surface area contributed by atoms with E-state index in [0.29, 0.717) is 0 Å². The Balaban J connectivity index is 3.18. The molecule has 1 rings (SSSR count). The van der Waals surface area contributed by atoms with E-state index in [1.807, 2.05) is 0 Å². The summed E-state index contributed by atoms with van der Waals surface area (Å²) in [6, 6.07) is 2.83. The minimum atomic E-state index is -5.05. The first-order chi connectivity index (χ1) is 7.64. The number of pyridine rings is 1. The summed E-state index contributed by atoms with van der Waals surface area (Å²) in [6.07, 6.45) is 1.31. The van der Waals surface area contributed by atoms with Crippen LogP contribution < -0.4 is 5.73 Å². The highest BCUT2D eigenvalue weighted by molar-refractivity contribution is 7.70. The molecule has 0 amide bonds. The van der Waals surface area contributed by atoms with Gasteiger partial charge in [0.1, 0.15) is 0 Å². The molecule has 1 aromatic rings. The molecule has 0 saturated carbocycles. The summed E-state index contributed by atoms with van der Waals surface area (Å²) >= 11 is 0. The van der Waals surface area contributed by atoms with E-state index in [4.69, 9.17) is 25.3 Å². The second-order valence-electron chi connectivity index (χ2n) is 3.37. The monoisotopic (exact) mass is 282 g/mol. The van der Waals surface area contributed by atoms with Gasteiger partial charge in [0.25, 0.3) is 0 Å². The molecule has 1 atom stereocenters. The van der Waals surface area contributed by atoms with Crippen LogP contribution in [0.25, 0.3) is 0 Å². The maximum absolute atomic E-state index is 11.1. The summed E-state index contributed by atoms with van der Waals surface area (Å²) in [7, 11) is -10.1. The fourth-order valence-electron chi connectivity index (χ4n) is 1.34. The Morgan fingerprint density at radius 3 is 2.00 bits per heavy atom. The number of nitrogens with two attached hydrogens (primary N) is 1. The van der Waals surface area contributed by atoms with Crippen LogP contribution in [0.1, 0.15) is 11.7 Å². The van der Waals surface area contributed by atoms with Gasteiger partial charge in [-0.05, 0) is 12.1 Å². The Morgan fingerprint density at radius 2 is 1.65 bits per heavy atom. The summed E-state index contributed by atoms with van der Waals surface area (Å²) in [4.78, 5) is 39.5. The van der Waals surface area contributed by atoms with Gasteiger partial charge in [-0.1, -0.05) is 6.07 Å². The first-order valence-corrected chi connectivity index (χ1v) is 7.77. The normalized spacial score (nSPS) is 14.9. The van der Waals surface area contributed by atoms with Gasteiger partial charge >= 0.3 is 15.2 Å². The van der Waals surface area contributed by atoms with E-state index in [1.54, 1.807) is 6.07 Å². The molecule has 0 bridgehead atoms. The highest BCUT2D eigenvalue weighted by Crippen LogP contribution is 2.63. The van der Waals surface area contributed by atoms with Crippen LogP contribution in [0.5, 0.6) is 0 Å². The number of hydrogen-bond acceptors (Lipinski definition) is 4. The Hall–Kier alpha value is -0.590. The van der Waals surface area contributed by atoms with Gasteiger partial charge in [-0.15, -0.1) is 0 Å². The third-order valence-electron chi connectivity index (χ3n) is 2.04. The minimum Gasteiger partial charge on any atom is -0.324 e. The van der Waals surface area contributed by atoms with Crippen LogP contribution in [0.2, 0.25) is 0 Å². The molecule has 0 aromatic carbocycles. The molecule has 10 heteroatoms. The van der Waals surface area contributed by atoms with Crippen molar-refractivity contribution in [3.63, 3.8) is 0 Å². The molecule has 17 heavy (non-hydrogen) atoms. The molecule has 0 aliphatic heterocycles. The minimum absolute atomic E-state index is 0.00384. The average Bonchev–Trinajstić information content (AvgIpc) is 2.14. The predicted molar refractivity (Wildman–Crippen MR) is 59.0 cm³/mol. The van der Waals surface area contributed by atoms with Crippen LogP contribution >= 0.6 is 15.2 Å². The number of nitrogens with zero attached hydrogens (tertiary/aromatic N) is 1. The highest BCUT2D eigenvalue weighted by atomic mass is 31.2. The first kappa shape index (κ1) is 14.5. The molecule has 1 unspecified atom stereocenters. The molecule has 1 heterocycles. The number of hydrogen-bond donors (Lipinski definition) is 5. The van der Waals surface area contributed by atoms with E-state index >= 15 is 0 Å². The third kappa shape index (κ3) is 3.69. The molecule has 0 spiro atoms. The van der Waals surface area contributed by atoms with Crippen molar-refractivity contribution < 1.29 is 28.7 Å². The SMILES string of the molecule is NC(c1ccccn1)C(P(=O)(O)O)P(=O)(O)O. The van der Waals surface area contributed by atoms with Crippen molar-refractivity contribution in [2.24, 2.45) is 5.73 Å². The summed E-state index contributed by atoms with van der Waals surface area (Å²) in [6.45, 7) is 0. The van der Waals surface area contributed by atoms with Crippen molar-refractivity contribution in [2.75, 3.05) is 0 Å². The fraction of sp³-hybridized carbons (Fsp3) is 0.286. The lowest BCUT2D eigenvalue weighted by Gasteiger charge is -2.24. The van der Waals surface area contributed by atoms with Crippen molar-refractivity contribution in [2.45, 2.75) is 11.4 Å². The molecule has 0 saturated heterocycles. The van der Waals surface area contributed by atoms with Crippen LogP contribution in [0.3, 0.4) is 0 Å². The van der Waals surface area contributed by atoms with Crippen molar-refractivity contribution in [1.82, 2.24) is 4.98 Å². The molecule has 0 fully saturated rings. The first-order valence-electron chi connectivity index (χ1n) is 4.41. The van der Waals surface area contributed by atoms with Crippen LogP contribution in [-0.2, 0) is 9.13 Å². The summed E-state index contributed by atoms with van der Waals surface area (Å²) in [5, 5.41) is -2.29. The molecular weight excluding hydrogens is 270 g/mol. The molecular formula is C7H12N2O6P2. The summed E-state index contributed by atoms with van der Waals surface area (Å²) < 4.78 is 22.2. The molecule has 96 valence electrons. The van der Waals surface area contributed by atoms with Crippen molar-refractivity contribution in [3.05, 3.63) is 30.1 Å². The van der Waals surface area contributed by atoms with Gasteiger partial charge in [-0.2, -0.15) is 0 Å². The summed E-state index contributed by atoms with van der Waals surface area (Å²) in [5.41, 5.74) is 5.47. The van der Waals surface area contributed by atoms with Gasteiger partial charge < -0.3 is 25.3 Å². The Morgan fingerprint density at radius 1 is 1.12 bits per heavy atom. The molecule has 1 aromatic heterocycles. The maximum Gasteiger partial charge on any atom is 0.342 e. The molecule has 0 radical (unpaired) electrons. The third-order valence-corrected chi connectivity index (χ3v) is 5.87. The van der Waals surface area contributed by atoms with Crippen LogP contribution in [-0.4, -0.2) is 30.0 Å². The van der Waals surface area contributed by atoms with E-state index in [-0.39, 0.29) is 5.69 Å². The lowest BCUT2D eigenvalue weighted by molar-refractivity contribution is 0.329. The van der Waals surface area contributed by atoms with Crippen LogP contribution in [0.15, 0.2) is 24.4 Å². The maximum atomic E-state index is 11.1. The van der Waals surface area contributed by atoms with Crippen molar-refractivity contribution in [1.29, 1.82) is 0 Å². The van der Waals surface area contributed by atoms with E-state index in [0.717, 1.165) is 0 Å². The number of aromatic nitrogens is 1. The summed E-state index contributed by atoms with van der Waals surface area (Å²) in [5.74, 6) is 0. The standard InChI is InChI=1S/C7H12N2O6P2/c8-6(5-3-1-2-4-9-5)7(16(10,11)12)17(13,14)15/h1-4,6-7H,8H2,(H2,10,11,12)(H2,13,14,15). The molecule has 0 aliphatic rings.